The molecule has 0 saturated heterocycles. The molecule has 2 heteroatoms. The third-order valence-electron chi connectivity index (χ3n) is 9.20. The van der Waals surface area contributed by atoms with Crippen LogP contribution in [0.15, 0.2) is 47.1 Å². The molecule has 0 aromatic heterocycles. The van der Waals surface area contributed by atoms with Crippen molar-refractivity contribution < 1.29 is 9.50 Å². The highest BCUT2D eigenvalue weighted by Gasteiger charge is 2.45. The van der Waals surface area contributed by atoms with Crippen LogP contribution in [0.3, 0.4) is 0 Å². The summed E-state index contributed by atoms with van der Waals surface area (Å²) in [5.41, 5.74) is 4.80. The van der Waals surface area contributed by atoms with E-state index in [0.717, 1.165) is 50.5 Å². The molecule has 0 aliphatic heterocycles. The van der Waals surface area contributed by atoms with Crippen LogP contribution in [0.4, 0.5) is 4.39 Å². The number of halogens is 1. The molecular formula is C30H47FO. The smallest absolute Gasteiger partial charge is 0.125 e. The summed E-state index contributed by atoms with van der Waals surface area (Å²) >= 11 is 0. The van der Waals surface area contributed by atoms with Gasteiger partial charge in [0.1, 0.15) is 6.17 Å². The van der Waals surface area contributed by atoms with Crippen LogP contribution in [0.25, 0.3) is 0 Å². The second-order valence-corrected chi connectivity index (χ2v) is 11.4. The minimum absolute atomic E-state index is 0.257. The number of fused-ring (bicyclic) bond motifs is 1. The van der Waals surface area contributed by atoms with Gasteiger partial charge in [0, 0.05) is 0 Å². The van der Waals surface area contributed by atoms with Gasteiger partial charge in [-0.2, -0.15) is 0 Å². The number of allylic oxidation sites excluding steroid dienone is 7. The molecule has 0 heterocycles. The zero-order valence-corrected chi connectivity index (χ0v) is 21.4. The van der Waals surface area contributed by atoms with Crippen LogP contribution in [0, 0.1) is 23.2 Å². The van der Waals surface area contributed by atoms with Crippen LogP contribution >= 0.6 is 0 Å². The molecule has 1 nitrogen and oxygen atoms in total. The minimum Gasteiger partial charge on any atom is -0.390 e. The van der Waals surface area contributed by atoms with Gasteiger partial charge in [-0.3, -0.25) is 0 Å². The van der Waals surface area contributed by atoms with Gasteiger partial charge in [-0.25, -0.2) is 4.39 Å². The summed E-state index contributed by atoms with van der Waals surface area (Å²) in [6, 6.07) is 0. The lowest BCUT2D eigenvalue weighted by atomic mass is 9.62. The van der Waals surface area contributed by atoms with E-state index in [1.165, 1.54) is 19.3 Å². The lowest BCUT2D eigenvalue weighted by molar-refractivity contribution is 0.0204. The molecule has 0 aromatic rings. The van der Waals surface area contributed by atoms with Crippen LogP contribution < -0.4 is 0 Å². The Hall–Kier alpha value is -1.15. The van der Waals surface area contributed by atoms with E-state index >= 15 is 0 Å². The first kappa shape index (κ1) is 25.5. The summed E-state index contributed by atoms with van der Waals surface area (Å²) in [4.78, 5) is 0. The zero-order chi connectivity index (χ0) is 23.5. The second-order valence-electron chi connectivity index (χ2n) is 11.4. The largest absolute Gasteiger partial charge is 0.390 e. The molecule has 0 radical (unpaired) electrons. The summed E-state index contributed by atoms with van der Waals surface area (Å²) in [5, 5.41) is 10.6. The van der Waals surface area contributed by atoms with Crippen molar-refractivity contribution in [1.82, 2.24) is 0 Å². The summed E-state index contributed by atoms with van der Waals surface area (Å²) in [7, 11) is 0. The molecule has 0 aromatic carbocycles. The standard InChI is InChI=1S/C30H47FO/c1-7-30(32,8-2)18-9-11-22(4)26-15-16-27-24(12-10-17-29(26,27)6)13-14-25-19-21(3)20-28(31)23(25)5/h13-15,21-22,27-28,32H,5,7-12,16-20H2,1-4,6H3. The molecule has 0 bridgehead atoms. The van der Waals surface area contributed by atoms with Crippen LogP contribution in [0.5, 0.6) is 0 Å². The van der Waals surface area contributed by atoms with E-state index in [2.05, 4.69) is 59.4 Å². The zero-order valence-electron chi connectivity index (χ0n) is 21.4. The Balaban J connectivity index is 1.68. The third-order valence-corrected chi connectivity index (χ3v) is 9.20. The predicted molar refractivity (Wildman–Crippen MR) is 135 cm³/mol. The number of alkyl halides is 1. The van der Waals surface area contributed by atoms with E-state index in [0.29, 0.717) is 29.7 Å². The van der Waals surface area contributed by atoms with Gasteiger partial charge >= 0.3 is 0 Å². The molecule has 2 saturated carbocycles. The number of hydrogen-bond donors (Lipinski definition) is 1. The fraction of sp³-hybridized carbons (Fsp3) is 0.733. The van der Waals surface area contributed by atoms with Gasteiger partial charge in [-0.15, -0.1) is 0 Å². The lowest BCUT2D eigenvalue weighted by Gasteiger charge is -2.42. The Bertz CT molecular complexity index is 768. The molecule has 0 spiro atoms. The highest BCUT2D eigenvalue weighted by atomic mass is 19.1. The van der Waals surface area contributed by atoms with Gasteiger partial charge < -0.3 is 5.11 Å². The fourth-order valence-electron chi connectivity index (χ4n) is 6.78. The first-order valence-corrected chi connectivity index (χ1v) is 13.3. The molecule has 32 heavy (non-hydrogen) atoms. The van der Waals surface area contributed by atoms with Crippen LogP contribution in [-0.4, -0.2) is 16.9 Å². The van der Waals surface area contributed by atoms with E-state index in [9.17, 15) is 9.50 Å². The van der Waals surface area contributed by atoms with E-state index < -0.39 is 11.8 Å². The SMILES string of the molecule is C=C1C(=CC=C2CCCC3(C)C(C(C)CCCC(O)(CC)CC)=CCC23)CC(C)CC1F. The summed E-state index contributed by atoms with van der Waals surface area (Å²) in [6.45, 7) is 15.3. The van der Waals surface area contributed by atoms with E-state index in [1.807, 2.05) is 0 Å². The van der Waals surface area contributed by atoms with Crippen LogP contribution in [-0.2, 0) is 0 Å². The van der Waals surface area contributed by atoms with Gasteiger partial charge in [0.15, 0.2) is 0 Å². The van der Waals surface area contributed by atoms with Gasteiger partial charge in [-0.1, -0.05) is 77.0 Å². The molecule has 5 atom stereocenters. The minimum atomic E-state index is -0.876. The van der Waals surface area contributed by atoms with Crippen molar-refractivity contribution in [2.24, 2.45) is 23.2 Å². The maximum Gasteiger partial charge on any atom is 0.125 e. The van der Waals surface area contributed by atoms with Gasteiger partial charge in [-0.05, 0) is 98.5 Å². The van der Waals surface area contributed by atoms with Crippen molar-refractivity contribution >= 4 is 0 Å². The van der Waals surface area contributed by atoms with Crippen molar-refractivity contribution in [1.29, 1.82) is 0 Å². The number of hydrogen-bond acceptors (Lipinski definition) is 1. The molecule has 2 fully saturated rings. The summed E-state index contributed by atoms with van der Waals surface area (Å²) in [5.74, 6) is 1.56. The Labute approximate surface area is 197 Å². The average molecular weight is 443 g/mol. The Morgan fingerprint density at radius 1 is 1.31 bits per heavy atom. The average Bonchev–Trinajstić information content (AvgIpc) is 3.12. The van der Waals surface area contributed by atoms with E-state index in [1.54, 1.807) is 11.1 Å². The molecule has 0 amide bonds. The first-order valence-electron chi connectivity index (χ1n) is 13.3. The third kappa shape index (κ3) is 5.32. The first-order chi connectivity index (χ1) is 15.1. The molecule has 180 valence electrons. The highest BCUT2D eigenvalue weighted by Crippen LogP contribution is 2.57. The van der Waals surface area contributed by atoms with Crippen molar-refractivity contribution in [2.45, 2.75) is 117 Å². The maximum absolute atomic E-state index is 14.3. The summed E-state index contributed by atoms with van der Waals surface area (Å²) in [6.07, 6.45) is 17.4. The molecule has 5 unspecified atom stereocenters. The summed E-state index contributed by atoms with van der Waals surface area (Å²) < 4.78 is 14.3. The van der Waals surface area contributed by atoms with Crippen molar-refractivity contribution in [3.8, 4) is 0 Å². The number of rotatable bonds is 8. The molecule has 3 aliphatic rings. The van der Waals surface area contributed by atoms with Gasteiger partial charge in [0.25, 0.3) is 0 Å². The van der Waals surface area contributed by atoms with Crippen molar-refractivity contribution in [3.05, 3.63) is 47.1 Å². The van der Waals surface area contributed by atoms with Gasteiger partial charge in [0.2, 0.25) is 0 Å². The predicted octanol–water partition coefficient (Wildman–Crippen LogP) is 8.66. The normalized spacial score (nSPS) is 34.7. The fourth-order valence-corrected chi connectivity index (χ4v) is 6.78. The quantitative estimate of drug-likeness (QED) is 0.373. The molecule has 1 N–H and O–H groups in total. The topological polar surface area (TPSA) is 20.2 Å². The van der Waals surface area contributed by atoms with E-state index in [-0.39, 0.29) is 5.41 Å². The Kier molecular flexibility index (Phi) is 8.29. The van der Waals surface area contributed by atoms with Crippen molar-refractivity contribution in [2.75, 3.05) is 0 Å². The van der Waals surface area contributed by atoms with Crippen LogP contribution in [0.1, 0.15) is 105 Å². The maximum atomic E-state index is 14.3. The van der Waals surface area contributed by atoms with E-state index in [4.69, 9.17) is 0 Å². The highest BCUT2D eigenvalue weighted by molar-refractivity contribution is 5.40. The molecular weight excluding hydrogens is 395 g/mol. The monoisotopic (exact) mass is 442 g/mol. The Morgan fingerprint density at radius 2 is 2.03 bits per heavy atom. The number of aliphatic hydroxyl groups is 1. The molecule has 3 aliphatic carbocycles. The lowest BCUT2D eigenvalue weighted by Crippen LogP contribution is -2.32. The van der Waals surface area contributed by atoms with Gasteiger partial charge in [0.05, 0.1) is 5.60 Å². The molecule has 3 rings (SSSR count). The van der Waals surface area contributed by atoms with Crippen molar-refractivity contribution in [3.63, 3.8) is 0 Å². The second kappa shape index (κ2) is 10.4. The van der Waals surface area contributed by atoms with Crippen LogP contribution in [0.2, 0.25) is 0 Å². The Morgan fingerprint density at radius 3 is 2.72 bits per heavy atom.